The first-order valence-corrected chi connectivity index (χ1v) is 6.44. The molecule has 0 atom stereocenters. The van der Waals surface area contributed by atoms with Crippen molar-refractivity contribution in [2.24, 2.45) is 0 Å². The maximum atomic E-state index is 9.67. The van der Waals surface area contributed by atoms with Crippen LogP contribution in [0.15, 0.2) is 40.9 Å². The fourth-order valence-corrected chi connectivity index (χ4v) is 2.13. The zero-order chi connectivity index (χ0) is 13.1. The fraction of sp³-hybridized carbons (Fsp3) is 0.0769. The summed E-state index contributed by atoms with van der Waals surface area (Å²) in [5, 5.41) is 22.8. The number of benzene rings is 2. The summed E-state index contributed by atoms with van der Waals surface area (Å²) in [4.78, 5) is 0. The second kappa shape index (κ2) is 5.50. The van der Waals surface area contributed by atoms with Crippen LogP contribution in [0.1, 0.15) is 5.56 Å². The van der Waals surface area contributed by atoms with Gasteiger partial charge in [-0.05, 0) is 34.1 Å². The minimum absolute atomic E-state index is 0.108. The Bertz CT molecular complexity index is 523. The number of anilines is 1. The van der Waals surface area contributed by atoms with E-state index in [0.717, 1.165) is 10.2 Å². The predicted molar refractivity (Wildman–Crippen MR) is 76.3 cm³/mol. The summed E-state index contributed by atoms with van der Waals surface area (Å²) in [7, 11) is 0. The van der Waals surface area contributed by atoms with Gasteiger partial charge in [-0.3, -0.25) is 0 Å². The summed E-state index contributed by atoms with van der Waals surface area (Å²) in [6, 6.07) is 10.3. The lowest BCUT2D eigenvalue weighted by Crippen LogP contribution is -2.00. The van der Waals surface area contributed by atoms with Gasteiger partial charge >= 0.3 is 0 Å². The molecule has 0 saturated carbocycles. The van der Waals surface area contributed by atoms with Crippen LogP contribution in [0.5, 0.6) is 11.5 Å². The van der Waals surface area contributed by atoms with Crippen LogP contribution in [0.4, 0.5) is 5.69 Å². The van der Waals surface area contributed by atoms with Crippen molar-refractivity contribution >= 4 is 33.2 Å². The van der Waals surface area contributed by atoms with E-state index >= 15 is 0 Å². The number of phenols is 2. The van der Waals surface area contributed by atoms with Crippen LogP contribution in [0.2, 0.25) is 5.02 Å². The topological polar surface area (TPSA) is 52.5 Å². The van der Waals surface area contributed by atoms with Crippen molar-refractivity contribution in [3.63, 3.8) is 0 Å². The molecule has 2 aromatic carbocycles. The van der Waals surface area contributed by atoms with Gasteiger partial charge in [-0.15, -0.1) is 0 Å². The molecule has 0 radical (unpaired) electrons. The van der Waals surface area contributed by atoms with E-state index in [1.54, 1.807) is 18.2 Å². The first-order chi connectivity index (χ1) is 8.59. The zero-order valence-corrected chi connectivity index (χ0v) is 11.7. The Morgan fingerprint density at radius 1 is 1.11 bits per heavy atom. The average molecular weight is 329 g/mol. The summed E-state index contributed by atoms with van der Waals surface area (Å²) in [5.41, 5.74) is 1.44. The molecule has 0 bridgehead atoms. The van der Waals surface area contributed by atoms with Gasteiger partial charge in [-0.25, -0.2) is 0 Å². The van der Waals surface area contributed by atoms with Crippen LogP contribution < -0.4 is 5.32 Å². The van der Waals surface area contributed by atoms with E-state index in [1.165, 1.54) is 6.07 Å². The summed E-state index contributed by atoms with van der Waals surface area (Å²) >= 11 is 9.36. The molecule has 2 aromatic rings. The second-order valence-electron chi connectivity index (χ2n) is 3.74. The molecule has 2 rings (SSSR count). The van der Waals surface area contributed by atoms with E-state index in [1.807, 2.05) is 12.1 Å². The van der Waals surface area contributed by atoms with Crippen molar-refractivity contribution in [1.29, 1.82) is 0 Å². The predicted octanol–water partition coefficient (Wildman–Crippen LogP) is 4.13. The lowest BCUT2D eigenvalue weighted by atomic mass is 10.2. The lowest BCUT2D eigenvalue weighted by molar-refractivity contribution is 0.400. The Balaban J connectivity index is 2.17. The Hall–Kier alpha value is -1.39. The number of phenolic OH excluding ortho intramolecular Hbond substituents is 2. The lowest BCUT2D eigenvalue weighted by Gasteiger charge is -2.11. The molecule has 0 aromatic heterocycles. The molecule has 0 saturated heterocycles. The first-order valence-electron chi connectivity index (χ1n) is 5.27. The molecular formula is C13H11BrClNO2. The Morgan fingerprint density at radius 3 is 2.61 bits per heavy atom. The van der Waals surface area contributed by atoms with Crippen LogP contribution in [0.3, 0.4) is 0 Å². The summed E-state index contributed by atoms with van der Waals surface area (Å²) in [6.45, 7) is 0.388. The molecule has 0 aliphatic rings. The molecule has 0 spiro atoms. The van der Waals surface area contributed by atoms with E-state index in [-0.39, 0.29) is 11.5 Å². The molecule has 0 aliphatic carbocycles. The molecule has 18 heavy (non-hydrogen) atoms. The molecule has 0 fully saturated rings. The van der Waals surface area contributed by atoms with E-state index in [9.17, 15) is 10.2 Å². The number of hydrogen-bond acceptors (Lipinski definition) is 3. The highest BCUT2D eigenvalue weighted by atomic mass is 79.9. The van der Waals surface area contributed by atoms with Gasteiger partial charge in [-0.2, -0.15) is 0 Å². The highest BCUT2D eigenvalue weighted by Crippen LogP contribution is 2.32. The number of rotatable bonds is 3. The van der Waals surface area contributed by atoms with Gasteiger partial charge in [0.05, 0.1) is 15.2 Å². The van der Waals surface area contributed by atoms with E-state index in [4.69, 9.17) is 11.6 Å². The minimum atomic E-state index is -0.126. The highest BCUT2D eigenvalue weighted by Gasteiger charge is 2.07. The van der Waals surface area contributed by atoms with Gasteiger partial charge in [0.25, 0.3) is 0 Å². The van der Waals surface area contributed by atoms with Gasteiger partial charge in [-0.1, -0.05) is 29.8 Å². The number of halogens is 2. The van der Waals surface area contributed by atoms with Crippen LogP contribution >= 0.6 is 27.5 Å². The average Bonchev–Trinajstić information content (AvgIpc) is 2.36. The number of para-hydroxylation sites is 1. The molecule has 5 heteroatoms. The van der Waals surface area contributed by atoms with Crippen molar-refractivity contribution in [3.8, 4) is 11.5 Å². The SMILES string of the molecule is Oc1cccc(CNc2cccc(Cl)c2Br)c1O. The smallest absolute Gasteiger partial charge is 0.162 e. The van der Waals surface area contributed by atoms with Gasteiger partial charge in [0.2, 0.25) is 0 Å². The molecule has 94 valence electrons. The molecule has 0 heterocycles. The Morgan fingerprint density at radius 2 is 1.83 bits per heavy atom. The standard InChI is InChI=1S/C13H11BrClNO2/c14-12-9(15)4-2-5-10(12)16-7-8-3-1-6-11(17)13(8)18/h1-6,16-18H,7H2. The largest absolute Gasteiger partial charge is 0.504 e. The molecule has 0 aliphatic heterocycles. The molecule has 0 unspecified atom stereocenters. The Labute approximate surface area is 118 Å². The van der Waals surface area contributed by atoms with Gasteiger partial charge in [0, 0.05) is 12.1 Å². The molecule has 3 N–H and O–H groups in total. The number of nitrogens with one attached hydrogen (secondary N) is 1. The first kappa shape index (κ1) is 13.1. The van der Waals surface area contributed by atoms with Crippen LogP contribution in [-0.2, 0) is 6.54 Å². The monoisotopic (exact) mass is 327 g/mol. The third-order valence-corrected chi connectivity index (χ3v) is 3.92. The van der Waals surface area contributed by atoms with Crippen molar-refractivity contribution in [2.75, 3.05) is 5.32 Å². The van der Waals surface area contributed by atoms with Crippen LogP contribution in [-0.4, -0.2) is 10.2 Å². The van der Waals surface area contributed by atoms with Gasteiger partial charge < -0.3 is 15.5 Å². The molecular weight excluding hydrogens is 318 g/mol. The van der Waals surface area contributed by atoms with Crippen molar-refractivity contribution in [2.45, 2.75) is 6.54 Å². The summed E-state index contributed by atoms with van der Waals surface area (Å²) < 4.78 is 0.770. The fourth-order valence-electron chi connectivity index (χ4n) is 1.55. The third kappa shape index (κ3) is 2.71. The molecule has 0 amide bonds. The summed E-state index contributed by atoms with van der Waals surface area (Å²) in [6.07, 6.45) is 0. The Kier molecular flexibility index (Phi) is 3.99. The van der Waals surface area contributed by atoms with Crippen LogP contribution in [0, 0.1) is 0 Å². The van der Waals surface area contributed by atoms with E-state index in [0.29, 0.717) is 17.1 Å². The normalized spacial score (nSPS) is 10.3. The van der Waals surface area contributed by atoms with E-state index in [2.05, 4.69) is 21.2 Å². The van der Waals surface area contributed by atoms with Crippen molar-refractivity contribution < 1.29 is 10.2 Å². The minimum Gasteiger partial charge on any atom is -0.504 e. The quantitative estimate of drug-likeness (QED) is 0.743. The van der Waals surface area contributed by atoms with Crippen molar-refractivity contribution in [1.82, 2.24) is 0 Å². The van der Waals surface area contributed by atoms with Gasteiger partial charge in [0.1, 0.15) is 0 Å². The van der Waals surface area contributed by atoms with Gasteiger partial charge in [0.15, 0.2) is 11.5 Å². The molecule has 3 nitrogen and oxygen atoms in total. The maximum absolute atomic E-state index is 9.67. The number of hydrogen-bond donors (Lipinski definition) is 3. The third-order valence-electron chi connectivity index (χ3n) is 2.52. The van der Waals surface area contributed by atoms with Crippen LogP contribution in [0.25, 0.3) is 0 Å². The highest BCUT2D eigenvalue weighted by molar-refractivity contribution is 9.10. The maximum Gasteiger partial charge on any atom is 0.162 e. The van der Waals surface area contributed by atoms with Crippen molar-refractivity contribution in [3.05, 3.63) is 51.5 Å². The second-order valence-corrected chi connectivity index (χ2v) is 4.94. The zero-order valence-electron chi connectivity index (χ0n) is 9.32. The van der Waals surface area contributed by atoms with E-state index < -0.39 is 0 Å². The summed E-state index contributed by atoms with van der Waals surface area (Å²) in [5.74, 6) is -0.234. The number of aromatic hydroxyl groups is 2.